The van der Waals surface area contributed by atoms with Gasteiger partial charge in [0, 0.05) is 25.1 Å². The lowest BCUT2D eigenvalue weighted by Crippen LogP contribution is -2.44. The van der Waals surface area contributed by atoms with Crippen LogP contribution in [0.2, 0.25) is 0 Å². The summed E-state index contributed by atoms with van der Waals surface area (Å²) in [5.74, 6) is -0.303. The molecule has 4 rings (SSSR count). The van der Waals surface area contributed by atoms with Gasteiger partial charge in [-0.05, 0) is 18.1 Å². The predicted octanol–water partition coefficient (Wildman–Crippen LogP) is 2.63. The molecule has 2 aromatic carbocycles. The van der Waals surface area contributed by atoms with Gasteiger partial charge in [0.25, 0.3) is 0 Å². The summed E-state index contributed by atoms with van der Waals surface area (Å²) < 4.78 is 10.5. The molecule has 0 spiro atoms. The Bertz CT molecular complexity index is 946. The van der Waals surface area contributed by atoms with Crippen molar-refractivity contribution < 1.29 is 23.9 Å². The summed E-state index contributed by atoms with van der Waals surface area (Å²) in [6.07, 6.45) is -0.00345. The normalized spacial score (nSPS) is 21.1. The number of cyclic esters (lactones) is 1. The summed E-state index contributed by atoms with van der Waals surface area (Å²) in [4.78, 5) is 40.8. The number of imide groups is 1. The van der Waals surface area contributed by atoms with Gasteiger partial charge in [0.15, 0.2) is 0 Å². The molecule has 2 fully saturated rings. The summed E-state index contributed by atoms with van der Waals surface area (Å²) in [6.45, 7) is 0.813. The quantitative estimate of drug-likeness (QED) is 0.735. The maximum absolute atomic E-state index is 13.1. The van der Waals surface area contributed by atoms with Crippen LogP contribution in [0.25, 0.3) is 0 Å². The van der Waals surface area contributed by atoms with Gasteiger partial charge in [0.1, 0.15) is 12.4 Å². The van der Waals surface area contributed by atoms with Crippen molar-refractivity contribution in [3.63, 3.8) is 0 Å². The van der Waals surface area contributed by atoms with Gasteiger partial charge in [0.05, 0.1) is 19.1 Å². The van der Waals surface area contributed by atoms with E-state index >= 15 is 0 Å². The summed E-state index contributed by atoms with van der Waals surface area (Å²) >= 11 is 0. The lowest BCUT2D eigenvalue weighted by molar-refractivity contribution is -0.134. The number of para-hydroxylation sites is 1. The number of carbonyl (C=O) groups excluding carboxylic acids is 3. The van der Waals surface area contributed by atoms with Crippen LogP contribution in [-0.4, -0.2) is 54.0 Å². The Hall–Kier alpha value is -3.35. The van der Waals surface area contributed by atoms with Crippen molar-refractivity contribution in [2.24, 2.45) is 5.92 Å². The minimum Gasteiger partial charge on any atom is -0.496 e. The lowest BCUT2D eigenvalue weighted by atomic mass is 10.0. The fraction of sp³-hybridized carbons (Fsp3) is 0.348. The maximum atomic E-state index is 13.1. The first-order valence-corrected chi connectivity index (χ1v) is 10.00. The first-order valence-electron chi connectivity index (χ1n) is 10.00. The van der Waals surface area contributed by atoms with Gasteiger partial charge in [-0.2, -0.15) is 0 Å². The van der Waals surface area contributed by atoms with Crippen molar-refractivity contribution in [2.45, 2.75) is 25.4 Å². The molecule has 0 aliphatic carbocycles. The SMILES string of the molecule is COc1ccccc1CN1C[C@@H](C(=O)N2C(=O)OC[C@@H]2Cc2ccccc2)CC1=O. The van der Waals surface area contributed by atoms with Gasteiger partial charge >= 0.3 is 6.09 Å². The lowest BCUT2D eigenvalue weighted by Gasteiger charge is -2.23. The van der Waals surface area contributed by atoms with Gasteiger partial charge in [-0.3, -0.25) is 9.59 Å². The summed E-state index contributed by atoms with van der Waals surface area (Å²) in [5.41, 5.74) is 1.91. The number of ether oxygens (including phenoxy) is 2. The van der Waals surface area contributed by atoms with Gasteiger partial charge in [-0.15, -0.1) is 0 Å². The van der Waals surface area contributed by atoms with E-state index < -0.39 is 12.0 Å². The maximum Gasteiger partial charge on any atom is 0.416 e. The minimum absolute atomic E-state index is 0.0931. The molecule has 2 saturated heterocycles. The number of hydrogen-bond donors (Lipinski definition) is 0. The molecule has 0 aromatic heterocycles. The molecule has 3 amide bonds. The number of rotatable bonds is 6. The number of likely N-dealkylation sites (tertiary alicyclic amines) is 1. The van der Waals surface area contributed by atoms with Crippen molar-refractivity contribution in [3.8, 4) is 5.75 Å². The average molecular weight is 408 g/mol. The van der Waals surface area contributed by atoms with Gasteiger partial charge in [0.2, 0.25) is 11.8 Å². The van der Waals surface area contributed by atoms with Gasteiger partial charge in [-0.1, -0.05) is 48.5 Å². The van der Waals surface area contributed by atoms with Crippen LogP contribution in [0.1, 0.15) is 17.5 Å². The number of hydrogen-bond acceptors (Lipinski definition) is 5. The van der Waals surface area contributed by atoms with Crippen LogP contribution in [0.5, 0.6) is 5.75 Å². The highest BCUT2D eigenvalue weighted by Gasteiger charge is 2.44. The third-order valence-electron chi connectivity index (χ3n) is 5.63. The van der Waals surface area contributed by atoms with Gasteiger partial charge < -0.3 is 14.4 Å². The Labute approximate surface area is 175 Å². The van der Waals surface area contributed by atoms with E-state index in [9.17, 15) is 14.4 Å². The van der Waals surface area contributed by atoms with Gasteiger partial charge in [-0.25, -0.2) is 9.69 Å². The van der Waals surface area contributed by atoms with E-state index in [1.807, 2.05) is 54.6 Å². The molecule has 7 nitrogen and oxygen atoms in total. The number of nitrogens with zero attached hydrogens (tertiary/aromatic N) is 2. The molecule has 2 aromatic rings. The molecule has 2 atom stereocenters. The zero-order chi connectivity index (χ0) is 21.1. The van der Waals surface area contributed by atoms with Crippen molar-refractivity contribution in [1.29, 1.82) is 0 Å². The predicted molar refractivity (Wildman–Crippen MR) is 109 cm³/mol. The number of carbonyl (C=O) groups is 3. The summed E-state index contributed by atoms with van der Waals surface area (Å²) in [7, 11) is 1.59. The van der Waals surface area contributed by atoms with E-state index in [0.717, 1.165) is 11.1 Å². The topological polar surface area (TPSA) is 76.2 Å². The highest BCUT2D eigenvalue weighted by atomic mass is 16.6. The molecule has 2 aliphatic heterocycles. The first-order chi connectivity index (χ1) is 14.6. The van der Waals surface area contributed by atoms with Crippen molar-refractivity contribution in [3.05, 3.63) is 65.7 Å². The molecule has 0 N–H and O–H groups in total. The second kappa shape index (κ2) is 8.57. The third kappa shape index (κ3) is 4.01. The van der Waals surface area contributed by atoms with Crippen LogP contribution in [0, 0.1) is 5.92 Å². The second-order valence-corrected chi connectivity index (χ2v) is 7.62. The highest BCUT2D eigenvalue weighted by Crippen LogP contribution is 2.28. The van der Waals surface area contributed by atoms with Crippen LogP contribution in [0.3, 0.4) is 0 Å². The van der Waals surface area contributed by atoms with E-state index in [1.54, 1.807) is 12.0 Å². The highest BCUT2D eigenvalue weighted by molar-refractivity contribution is 5.98. The van der Waals surface area contributed by atoms with E-state index in [4.69, 9.17) is 9.47 Å². The fourth-order valence-electron chi connectivity index (χ4n) is 4.09. The molecule has 2 aliphatic rings. The number of benzene rings is 2. The molecule has 0 unspecified atom stereocenters. The molecule has 30 heavy (non-hydrogen) atoms. The van der Waals surface area contributed by atoms with Crippen molar-refractivity contribution in [2.75, 3.05) is 20.3 Å². The average Bonchev–Trinajstić information content (AvgIpc) is 3.31. The molecule has 0 radical (unpaired) electrons. The Kier molecular flexibility index (Phi) is 5.70. The molecule has 0 bridgehead atoms. The summed E-state index contributed by atoms with van der Waals surface area (Å²) in [5, 5.41) is 0. The molecule has 7 heteroatoms. The molecule has 2 heterocycles. The number of amides is 3. The standard InChI is InChI=1S/C23H24N2O5/c1-29-20-10-6-5-9-17(20)13-24-14-18(12-21(24)26)22(27)25-19(15-30-23(25)28)11-16-7-3-2-4-8-16/h2-10,18-19H,11-15H2,1H3/t18-,19-/m0/s1. The van der Waals surface area contributed by atoms with Crippen LogP contribution >= 0.6 is 0 Å². The van der Waals surface area contributed by atoms with Crippen molar-refractivity contribution in [1.82, 2.24) is 9.80 Å². The molecular formula is C23H24N2O5. The smallest absolute Gasteiger partial charge is 0.416 e. The second-order valence-electron chi connectivity index (χ2n) is 7.62. The Morgan fingerprint density at radius 2 is 1.83 bits per heavy atom. The van der Waals surface area contributed by atoms with Crippen molar-refractivity contribution >= 4 is 17.9 Å². The molecule has 156 valence electrons. The minimum atomic E-state index is -0.628. The van der Waals surface area contributed by atoms with E-state index in [-0.39, 0.29) is 37.4 Å². The van der Waals surface area contributed by atoms with Crippen LogP contribution < -0.4 is 4.74 Å². The Balaban J connectivity index is 1.45. The molecular weight excluding hydrogens is 384 g/mol. The first kappa shape index (κ1) is 19.9. The number of methoxy groups -OCH3 is 1. The fourth-order valence-corrected chi connectivity index (χ4v) is 4.09. The monoisotopic (exact) mass is 408 g/mol. The summed E-state index contributed by atoms with van der Waals surface area (Å²) in [6, 6.07) is 16.8. The van der Waals surface area contributed by atoms with E-state index in [2.05, 4.69) is 0 Å². The van der Waals surface area contributed by atoms with E-state index in [0.29, 0.717) is 18.7 Å². The third-order valence-corrected chi connectivity index (χ3v) is 5.63. The van der Waals surface area contributed by atoms with Crippen LogP contribution in [0.4, 0.5) is 4.79 Å². The zero-order valence-electron chi connectivity index (χ0n) is 16.8. The Morgan fingerprint density at radius 3 is 2.60 bits per heavy atom. The molecule has 0 saturated carbocycles. The largest absolute Gasteiger partial charge is 0.496 e. The van der Waals surface area contributed by atoms with Crippen LogP contribution in [-0.2, 0) is 27.3 Å². The van der Waals surface area contributed by atoms with Crippen LogP contribution in [0.15, 0.2) is 54.6 Å². The van der Waals surface area contributed by atoms with E-state index in [1.165, 1.54) is 4.90 Å². The zero-order valence-corrected chi connectivity index (χ0v) is 16.8. The Morgan fingerprint density at radius 1 is 1.10 bits per heavy atom.